The molecule has 166 valence electrons. The minimum Gasteiger partial charge on any atom is -0.492 e. The average Bonchev–Trinajstić information content (AvgIpc) is 3.49. The molecule has 6 heteroatoms. The molecule has 0 bridgehead atoms. The molecule has 0 unspecified atom stereocenters. The van der Waals surface area contributed by atoms with Crippen LogP contribution in [0.15, 0.2) is 48.5 Å². The molecule has 1 saturated heterocycles. The number of carbonyl (C=O) groups is 1. The number of para-hydroxylation sites is 1. The maximum atomic E-state index is 13.1. The summed E-state index contributed by atoms with van der Waals surface area (Å²) in [6.07, 6.45) is 6.38. The second-order valence-electron chi connectivity index (χ2n) is 8.77. The first-order valence-corrected chi connectivity index (χ1v) is 11.9. The Kier molecular flexibility index (Phi) is 6.17. The van der Waals surface area contributed by atoms with E-state index in [2.05, 4.69) is 28.4 Å². The van der Waals surface area contributed by atoms with Gasteiger partial charge in [0.25, 0.3) is 5.91 Å². The molecule has 0 saturated carbocycles. The minimum atomic E-state index is 0.143. The first kappa shape index (κ1) is 21.1. The van der Waals surface area contributed by atoms with Crippen molar-refractivity contribution in [3.05, 3.63) is 81.6 Å². The second-order valence-corrected chi connectivity index (χ2v) is 9.18. The van der Waals surface area contributed by atoms with E-state index in [0.29, 0.717) is 17.4 Å². The molecule has 1 N–H and O–H groups in total. The van der Waals surface area contributed by atoms with E-state index in [-0.39, 0.29) is 11.8 Å². The summed E-state index contributed by atoms with van der Waals surface area (Å²) in [4.78, 5) is 15.1. The maximum absolute atomic E-state index is 13.1. The quantitative estimate of drug-likeness (QED) is 0.563. The van der Waals surface area contributed by atoms with Gasteiger partial charge in [0.15, 0.2) is 0 Å². The van der Waals surface area contributed by atoms with E-state index in [0.717, 1.165) is 55.7 Å². The van der Waals surface area contributed by atoms with Crippen LogP contribution in [0.2, 0.25) is 5.02 Å². The molecule has 1 fully saturated rings. The molecule has 2 aromatic carbocycles. The Bertz CT molecular complexity index is 1110. The molecule has 2 heterocycles. The Morgan fingerprint density at radius 2 is 1.97 bits per heavy atom. The lowest BCUT2D eigenvalue weighted by Gasteiger charge is -2.19. The monoisotopic (exact) mass is 449 g/mol. The first-order chi connectivity index (χ1) is 15.7. The molecule has 1 atom stereocenters. The number of hydrogen-bond acceptors (Lipinski definition) is 3. The summed E-state index contributed by atoms with van der Waals surface area (Å²) in [5, 5.41) is 8.27. The maximum Gasteiger partial charge on any atom is 0.253 e. The third-order valence-corrected chi connectivity index (χ3v) is 6.92. The number of carbonyl (C=O) groups excluding carboxylic acids is 1. The van der Waals surface area contributed by atoms with Crippen molar-refractivity contribution in [2.24, 2.45) is 0 Å². The van der Waals surface area contributed by atoms with E-state index < -0.39 is 0 Å². The van der Waals surface area contributed by atoms with Gasteiger partial charge < -0.3 is 9.64 Å². The second kappa shape index (κ2) is 9.37. The molecular weight excluding hydrogens is 422 g/mol. The molecule has 1 aliphatic carbocycles. The van der Waals surface area contributed by atoms with Crippen LogP contribution in [0.25, 0.3) is 0 Å². The van der Waals surface area contributed by atoms with Crippen molar-refractivity contribution < 1.29 is 9.53 Å². The summed E-state index contributed by atoms with van der Waals surface area (Å²) in [6, 6.07) is 15.9. The number of halogens is 1. The van der Waals surface area contributed by atoms with Crippen molar-refractivity contribution in [2.75, 3.05) is 19.7 Å². The number of H-pyrrole nitrogens is 1. The highest BCUT2D eigenvalue weighted by atomic mass is 35.5. The predicted octanol–water partition coefficient (Wildman–Crippen LogP) is 5.19. The van der Waals surface area contributed by atoms with Crippen LogP contribution in [-0.2, 0) is 19.3 Å². The van der Waals surface area contributed by atoms with Gasteiger partial charge in [-0.2, -0.15) is 5.10 Å². The van der Waals surface area contributed by atoms with Gasteiger partial charge in [-0.1, -0.05) is 29.8 Å². The largest absolute Gasteiger partial charge is 0.492 e. The molecule has 1 amide bonds. The topological polar surface area (TPSA) is 58.2 Å². The molecule has 32 heavy (non-hydrogen) atoms. The number of aromatic amines is 1. The van der Waals surface area contributed by atoms with Crippen LogP contribution >= 0.6 is 11.6 Å². The van der Waals surface area contributed by atoms with Gasteiger partial charge in [0.05, 0.1) is 17.3 Å². The van der Waals surface area contributed by atoms with Gasteiger partial charge >= 0.3 is 0 Å². The number of aromatic nitrogens is 2. The van der Waals surface area contributed by atoms with Crippen LogP contribution in [0.5, 0.6) is 5.75 Å². The Morgan fingerprint density at radius 3 is 2.84 bits per heavy atom. The van der Waals surface area contributed by atoms with Crippen molar-refractivity contribution in [1.29, 1.82) is 0 Å². The molecule has 0 spiro atoms. The highest BCUT2D eigenvalue weighted by Crippen LogP contribution is 2.29. The number of benzene rings is 2. The van der Waals surface area contributed by atoms with Gasteiger partial charge in [0.2, 0.25) is 0 Å². The zero-order chi connectivity index (χ0) is 21.9. The van der Waals surface area contributed by atoms with Crippen LogP contribution < -0.4 is 4.74 Å². The molecule has 3 aromatic rings. The lowest BCUT2D eigenvalue weighted by molar-refractivity contribution is 0.0790. The summed E-state index contributed by atoms with van der Waals surface area (Å²) in [5.41, 5.74) is 5.65. The number of amides is 1. The number of fused-ring (bicyclic) bond motifs is 1. The Morgan fingerprint density at radius 1 is 1.12 bits per heavy atom. The zero-order valence-electron chi connectivity index (χ0n) is 18.1. The molecule has 5 rings (SSSR count). The van der Waals surface area contributed by atoms with Crippen LogP contribution in [-0.4, -0.2) is 40.7 Å². The number of nitrogens with zero attached hydrogens (tertiary/aromatic N) is 2. The van der Waals surface area contributed by atoms with Crippen LogP contribution in [0.4, 0.5) is 0 Å². The number of nitrogens with one attached hydrogen (secondary N) is 1. The van der Waals surface area contributed by atoms with Crippen molar-refractivity contribution >= 4 is 17.5 Å². The number of likely N-dealkylation sites (tertiary alicyclic amines) is 1. The summed E-state index contributed by atoms with van der Waals surface area (Å²) in [6.45, 7) is 2.02. The summed E-state index contributed by atoms with van der Waals surface area (Å²) >= 11 is 6.14. The lowest BCUT2D eigenvalue weighted by atomic mass is 9.90. The van der Waals surface area contributed by atoms with Gasteiger partial charge in [-0.15, -0.1) is 0 Å². The van der Waals surface area contributed by atoms with E-state index in [9.17, 15) is 4.79 Å². The highest BCUT2D eigenvalue weighted by molar-refractivity contribution is 6.32. The number of rotatable bonds is 6. The van der Waals surface area contributed by atoms with Crippen LogP contribution in [0.3, 0.4) is 0 Å². The fourth-order valence-corrected chi connectivity index (χ4v) is 4.97. The van der Waals surface area contributed by atoms with Gasteiger partial charge in [-0.05, 0) is 73.6 Å². The third kappa shape index (κ3) is 4.53. The first-order valence-electron chi connectivity index (χ1n) is 11.5. The van der Waals surface area contributed by atoms with Gasteiger partial charge in [-0.25, -0.2) is 0 Å². The fourth-order valence-electron chi connectivity index (χ4n) is 4.78. The van der Waals surface area contributed by atoms with Crippen LogP contribution in [0.1, 0.15) is 58.1 Å². The SMILES string of the molecule is O=C(c1ccc2c(c1)CCCC2)N1CC[C@@H](c2cc(CCOc3ccccc3Cl)[nH]n2)C1. The van der Waals surface area contributed by atoms with E-state index in [1.165, 1.54) is 24.0 Å². The van der Waals surface area contributed by atoms with Crippen molar-refractivity contribution in [1.82, 2.24) is 15.1 Å². The van der Waals surface area contributed by atoms with E-state index in [1.54, 1.807) is 0 Å². The van der Waals surface area contributed by atoms with E-state index in [1.807, 2.05) is 35.2 Å². The number of ether oxygens (including phenoxy) is 1. The van der Waals surface area contributed by atoms with Gasteiger partial charge in [0, 0.05) is 36.7 Å². The van der Waals surface area contributed by atoms with Gasteiger partial charge in [-0.3, -0.25) is 9.89 Å². The van der Waals surface area contributed by atoms with E-state index in [4.69, 9.17) is 16.3 Å². The molecule has 1 aromatic heterocycles. The normalized spacial score (nSPS) is 17.9. The van der Waals surface area contributed by atoms with Crippen molar-refractivity contribution in [2.45, 2.75) is 44.4 Å². The summed E-state index contributed by atoms with van der Waals surface area (Å²) in [7, 11) is 0. The summed E-state index contributed by atoms with van der Waals surface area (Å²) in [5.74, 6) is 1.11. The van der Waals surface area contributed by atoms with E-state index >= 15 is 0 Å². The highest BCUT2D eigenvalue weighted by Gasteiger charge is 2.30. The number of aryl methyl sites for hydroxylation is 2. The fraction of sp³-hybridized carbons (Fsp3) is 0.385. The Balaban J connectivity index is 1.17. The average molecular weight is 450 g/mol. The summed E-state index contributed by atoms with van der Waals surface area (Å²) < 4.78 is 5.78. The standard InChI is InChI=1S/C26H28ClN3O2/c27-23-7-3-4-8-25(23)32-14-12-22-16-24(29-28-22)21-11-13-30(17-21)26(31)20-10-9-18-5-1-2-6-19(18)15-20/h3-4,7-10,15-16,21H,1-2,5-6,11-14,17H2,(H,28,29)/t21-/m1/s1. The predicted molar refractivity (Wildman–Crippen MR) is 126 cm³/mol. The Hall–Kier alpha value is -2.79. The third-order valence-electron chi connectivity index (χ3n) is 6.61. The Labute approximate surface area is 193 Å². The minimum absolute atomic E-state index is 0.143. The van der Waals surface area contributed by atoms with Crippen molar-refractivity contribution in [3.63, 3.8) is 0 Å². The molecule has 0 radical (unpaired) electrons. The van der Waals surface area contributed by atoms with Crippen LogP contribution in [0, 0.1) is 0 Å². The molecular formula is C26H28ClN3O2. The lowest BCUT2D eigenvalue weighted by Crippen LogP contribution is -2.28. The molecule has 2 aliphatic rings. The molecule has 1 aliphatic heterocycles. The van der Waals surface area contributed by atoms with Crippen molar-refractivity contribution in [3.8, 4) is 5.75 Å². The molecule has 5 nitrogen and oxygen atoms in total. The number of hydrogen-bond donors (Lipinski definition) is 1. The van der Waals surface area contributed by atoms with Gasteiger partial charge in [0.1, 0.15) is 5.75 Å². The zero-order valence-corrected chi connectivity index (χ0v) is 18.9. The smallest absolute Gasteiger partial charge is 0.253 e.